The van der Waals surface area contributed by atoms with Gasteiger partial charge in [0.25, 0.3) is 11.8 Å². The number of carbonyl (C=O) groups is 2. The summed E-state index contributed by atoms with van der Waals surface area (Å²) in [6.07, 6.45) is 0.629. The molecule has 0 aliphatic carbocycles. The fourth-order valence-corrected chi connectivity index (χ4v) is 3.85. The molecule has 2 heterocycles. The molecular weight excluding hydrogens is 370 g/mol. The fourth-order valence-electron chi connectivity index (χ4n) is 3.85. The Morgan fingerprint density at radius 2 is 1.69 bits per heavy atom. The molecule has 3 rings (SSSR count). The fraction of sp³-hybridized carbons (Fsp3) is 0.545. The molecule has 1 aromatic carbocycles. The number of piperazine rings is 1. The molecule has 1 saturated heterocycles. The molecule has 2 aliphatic rings. The van der Waals surface area contributed by atoms with Gasteiger partial charge >= 0.3 is 0 Å². The molecule has 1 aromatic rings. The average Bonchev–Trinajstić information content (AvgIpc) is 2.97. The number of aryl methyl sites for hydroxylation is 1. The van der Waals surface area contributed by atoms with Crippen molar-refractivity contribution >= 4 is 17.4 Å². The number of imide groups is 1. The van der Waals surface area contributed by atoms with E-state index in [0.29, 0.717) is 57.1 Å². The van der Waals surface area contributed by atoms with E-state index in [1.165, 1.54) is 4.90 Å². The van der Waals surface area contributed by atoms with Crippen molar-refractivity contribution in [2.24, 2.45) is 0 Å². The summed E-state index contributed by atoms with van der Waals surface area (Å²) < 4.78 is 5.37. The normalized spacial score (nSPS) is 18.3. The van der Waals surface area contributed by atoms with Gasteiger partial charge in [0.2, 0.25) is 0 Å². The number of nitrogens with zero attached hydrogens (tertiary/aromatic N) is 3. The van der Waals surface area contributed by atoms with Gasteiger partial charge in [0, 0.05) is 52.5 Å². The molecule has 0 spiro atoms. The zero-order chi connectivity index (χ0) is 20.8. The Morgan fingerprint density at radius 3 is 2.31 bits per heavy atom. The highest BCUT2D eigenvalue weighted by Crippen LogP contribution is 2.32. The first-order chi connectivity index (χ1) is 14.1. The number of amides is 2. The van der Waals surface area contributed by atoms with Crippen LogP contribution in [0.4, 0.5) is 0 Å². The molecule has 7 nitrogen and oxygen atoms in total. The SMILES string of the molecule is CCOCCCN1C(=O)C(c2ccc(C)cc2)=C(N2CCN(CCO)CC2)C1=O. The zero-order valence-electron chi connectivity index (χ0n) is 17.4. The van der Waals surface area contributed by atoms with E-state index in [0.717, 1.165) is 24.2 Å². The van der Waals surface area contributed by atoms with Gasteiger partial charge in [-0.2, -0.15) is 0 Å². The molecule has 0 radical (unpaired) electrons. The van der Waals surface area contributed by atoms with Gasteiger partial charge in [0.1, 0.15) is 5.70 Å². The molecule has 7 heteroatoms. The first-order valence-electron chi connectivity index (χ1n) is 10.4. The number of aliphatic hydroxyl groups is 1. The van der Waals surface area contributed by atoms with Gasteiger partial charge in [-0.3, -0.25) is 19.4 Å². The first kappa shape index (κ1) is 21.5. The smallest absolute Gasteiger partial charge is 0.277 e. The van der Waals surface area contributed by atoms with E-state index >= 15 is 0 Å². The molecule has 2 amide bonds. The summed E-state index contributed by atoms with van der Waals surface area (Å²) in [7, 11) is 0. The van der Waals surface area contributed by atoms with Crippen molar-refractivity contribution in [1.82, 2.24) is 14.7 Å². The monoisotopic (exact) mass is 401 g/mol. The van der Waals surface area contributed by atoms with Gasteiger partial charge in [-0.1, -0.05) is 29.8 Å². The topological polar surface area (TPSA) is 73.3 Å². The third kappa shape index (κ3) is 4.86. The van der Waals surface area contributed by atoms with Gasteiger partial charge < -0.3 is 14.7 Å². The lowest BCUT2D eigenvalue weighted by Crippen LogP contribution is -2.48. The van der Waals surface area contributed by atoms with Crippen LogP contribution in [0.3, 0.4) is 0 Å². The zero-order valence-corrected chi connectivity index (χ0v) is 17.4. The van der Waals surface area contributed by atoms with Gasteiger partial charge in [0.05, 0.1) is 12.2 Å². The number of ether oxygens (including phenoxy) is 1. The highest BCUT2D eigenvalue weighted by molar-refractivity contribution is 6.35. The minimum Gasteiger partial charge on any atom is -0.395 e. The molecule has 0 atom stereocenters. The van der Waals surface area contributed by atoms with Crippen LogP contribution in [0.25, 0.3) is 5.57 Å². The molecule has 1 fully saturated rings. The quantitative estimate of drug-likeness (QED) is 0.494. The Morgan fingerprint density at radius 1 is 1.00 bits per heavy atom. The second kappa shape index (κ2) is 10.0. The maximum absolute atomic E-state index is 13.2. The van der Waals surface area contributed by atoms with Crippen molar-refractivity contribution in [2.45, 2.75) is 20.3 Å². The molecule has 29 heavy (non-hydrogen) atoms. The Hall–Kier alpha value is -2.22. The van der Waals surface area contributed by atoms with Crippen LogP contribution in [-0.4, -0.2) is 90.7 Å². The number of carbonyl (C=O) groups excluding carboxylic acids is 2. The van der Waals surface area contributed by atoms with Crippen LogP contribution in [0.5, 0.6) is 0 Å². The van der Waals surface area contributed by atoms with E-state index < -0.39 is 0 Å². The van der Waals surface area contributed by atoms with Crippen molar-refractivity contribution in [3.8, 4) is 0 Å². The summed E-state index contributed by atoms with van der Waals surface area (Å²) in [4.78, 5) is 32.0. The highest BCUT2D eigenvalue weighted by Gasteiger charge is 2.41. The van der Waals surface area contributed by atoms with Gasteiger partial charge in [-0.25, -0.2) is 0 Å². The highest BCUT2D eigenvalue weighted by atomic mass is 16.5. The minimum absolute atomic E-state index is 0.127. The lowest BCUT2D eigenvalue weighted by Gasteiger charge is -2.36. The maximum Gasteiger partial charge on any atom is 0.277 e. The number of aliphatic hydroxyl groups excluding tert-OH is 1. The predicted molar refractivity (Wildman–Crippen MR) is 111 cm³/mol. The van der Waals surface area contributed by atoms with Crippen molar-refractivity contribution in [2.75, 3.05) is 59.1 Å². The Labute approximate surface area is 172 Å². The lowest BCUT2D eigenvalue weighted by atomic mass is 10.0. The number of rotatable bonds is 9. The molecule has 158 valence electrons. The minimum atomic E-state index is -0.219. The van der Waals surface area contributed by atoms with Gasteiger partial charge in [0.15, 0.2) is 0 Å². The van der Waals surface area contributed by atoms with Crippen LogP contribution >= 0.6 is 0 Å². The van der Waals surface area contributed by atoms with Crippen LogP contribution in [0.1, 0.15) is 24.5 Å². The van der Waals surface area contributed by atoms with Crippen molar-refractivity contribution in [3.05, 3.63) is 41.1 Å². The summed E-state index contributed by atoms with van der Waals surface area (Å²) >= 11 is 0. The van der Waals surface area contributed by atoms with Gasteiger partial charge in [-0.15, -0.1) is 0 Å². The summed E-state index contributed by atoms with van der Waals surface area (Å²) in [5.41, 5.74) is 2.91. The van der Waals surface area contributed by atoms with Crippen LogP contribution in [0, 0.1) is 6.92 Å². The molecule has 0 bridgehead atoms. The predicted octanol–water partition coefficient (Wildman–Crippen LogP) is 1.11. The molecule has 0 unspecified atom stereocenters. The molecule has 0 aromatic heterocycles. The summed E-state index contributed by atoms with van der Waals surface area (Å²) in [5.74, 6) is -0.430. The lowest BCUT2D eigenvalue weighted by molar-refractivity contribution is -0.137. The third-order valence-electron chi connectivity index (χ3n) is 5.46. The molecule has 2 aliphatic heterocycles. The van der Waals surface area contributed by atoms with E-state index in [9.17, 15) is 9.59 Å². The Kier molecular flexibility index (Phi) is 7.41. The van der Waals surface area contributed by atoms with Crippen LogP contribution in [-0.2, 0) is 14.3 Å². The second-order valence-corrected chi connectivity index (χ2v) is 7.45. The van der Waals surface area contributed by atoms with E-state index in [1.54, 1.807) is 0 Å². The molecular formula is C22H31N3O4. The largest absolute Gasteiger partial charge is 0.395 e. The maximum atomic E-state index is 13.2. The van der Waals surface area contributed by atoms with Crippen molar-refractivity contribution in [3.63, 3.8) is 0 Å². The molecule has 1 N–H and O–H groups in total. The standard InChI is InChI=1S/C22H31N3O4/c1-3-29-16-4-9-25-21(27)19(18-7-5-17(2)6-8-18)20(22(25)28)24-12-10-23(11-13-24)14-15-26/h5-8,26H,3-4,9-16H2,1-2H3. The van der Waals surface area contributed by atoms with Crippen molar-refractivity contribution < 1.29 is 19.4 Å². The number of hydrogen-bond acceptors (Lipinski definition) is 6. The number of hydrogen-bond donors (Lipinski definition) is 1. The Bertz CT molecular complexity index is 752. The van der Waals surface area contributed by atoms with Crippen molar-refractivity contribution in [1.29, 1.82) is 0 Å². The van der Waals surface area contributed by atoms with Gasteiger partial charge in [-0.05, 0) is 25.8 Å². The van der Waals surface area contributed by atoms with Crippen LogP contribution in [0.2, 0.25) is 0 Å². The third-order valence-corrected chi connectivity index (χ3v) is 5.46. The molecule has 0 saturated carbocycles. The van der Waals surface area contributed by atoms with E-state index in [2.05, 4.69) is 4.90 Å². The Balaban J connectivity index is 1.85. The summed E-state index contributed by atoms with van der Waals surface area (Å²) in [5, 5.41) is 9.16. The van der Waals surface area contributed by atoms with E-state index in [4.69, 9.17) is 9.84 Å². The van der Waals surface area contributed by atoms with Crippen LogP contribution < -0.4 is 0 Å². The number of β-amino-alcohol motifs (C(OH)–C–C–N with tert-alkyl or cyclic N) is 1. The first-order valence-corrected chi connectivity index (χ1v) is 10.4. The van der Waals surface area contributed by atoms with E-state index in [1.807, 2.05) is 43.0 Å². The van der Waals surface area contributed by atoms with E-state index in [-0.39, 0.29) is 18.4 Å². The summed E-state index contributed by atoms with van der Waals surface area (Å²) in [6.45, 7) is 9.05. The average molecular weight is 402 g/mol. The van der Waals surface area contributed by atoms with Crippen LogP contribution in [0.15, 0.2) is 30.0 Å². The number of benzene rings is 1. The second-order valence-electron chi connectivity index (χ2n) is 7.45. The summed E-state index contributed by atoms with van der Waals surface area (Å²) in [6, 6.07) is 7.77.